The van der Waals surface area contributed by atoms with Crippen molar-refractivity contribution in [1.82, 2.24) is 4.57 Å². The Hall–Kier alpha value is -9.76. The highest BCUT2D eigenvalue weighted by atomic mass is 15.1. The molecule has 0 unspecified atom stereocenters. The van der Waals surface area contributed by atoms with Gasteiger partial charge >= 0.3 is 0 Å². The summed E-state index contributed by atoms with van der Waals surface area (Å²) in [4.78, 5) is 2.43. The molecule has 78 heavy (non-hydrogen) atoms. The molecule has 0 bridgehead atoms. The number of hydrogen-bond acceptors (Lipinski definition) is 1. The summed E-state index contributed by atoms with van der Waals surface area (Å²) in [5, 5.41) is 2.43. The minimum absolute atomic E-state index is 0.539. The zero-order valence-corrected chi connectivity index (χ0v) is 44.0. The number of rotatable bonds is 10. The third-order valence-corrected chi connectivity index (χ3v) is 15.5. The van der Waals surface area contributed by atoms with Crippen molar-refractivity contribution in [2.24, 2.45) is 0 Å². The predicted molar refractivity (Wildman–Crippen MR) is 330 cm³/mol. The first-order chi connectivity index (χ1) is 38.6. The quantitative estimate of drug-likeness (QED) is 0.133. The molecule has 0 saturated heterocycles. The van der Waals surface area contributed by atoms with Crippen molar-refractivity contribution in [3.63, 3.8) is 0 Å². The molecule has 13 aromatic rings. The van der Waals surface area contributed by atoms with Gasteiger partial charge in [-0.25, -0.2) is 0 Å². The fourth-order valence-electron chi connectivity index (χ4n) is 12.1. The Morgan fingerprint density at radius 1 is 0.308 bits per heavy atom. The average Bonchev–Trinajstić information content (AvgIpc) is 4.14. The van der Waals surface area contributed by atoms with E-state index in [1.807, 2.05) is 0 Å². The van der Waals surface area contributed by atoms with Crippen LogP contribution < -0.4 is 4.90 Å². The Morgan fingerprint density at radius 2 is 0.744 bits per heavy atom. The van der Waals surface area contributed by atoms with Crippen molar-refractivity contribution in [3.05, 3.63) is 326 Å². The van der Waals surface area contributed by atoms with E-state index in [2.05, 4.69) is 327 Å². The molecule has 0 fully saturated rings. The molecule has 0 spiro atoms. The molecule has 14 rings (SSSR count). The van der Waals surface area contributed by atoms with Gasteiger partial charge in [-0.15, -0.1) is 0 Å². The second-order valence-electron chi connectivity index (χ2n) is 20.3. The van der Waals surface area contributed by atoms with Crippen molar-refractivity contribution >= 4 is 38.9 Å². The van der Waals surface area contributed by atoms with Gasteiger partial charge in [-0.05, 0) is 139 Å². The lowest BCUT2D eigenvalue weighted by atomic mass is 9.67. The minimum Gasteiger partial charge on any atom is -0.310 e. The van der Waals surface area contributed by atoms with Crippen LogP contribution in [0.1, 0.15) is 42.5 Å². The van der Waals surface area contributed by atoms with Gasteiger partial charge in [0.05, 0.1) is 16.4 Å². The van der Waals surface area contributed by atoms with Crippen LogP contribution in [0.5, 0.6) is 0 Å². The van der Waals surface area contributed by atoms with Crippen molar-refractivity contribution in [1.29, 1.82) is 0 Å². The molecule has 0 saturated carbocycles. The molecule has 0 atom stereocenters. The summed E-state index contributed by atoms with van der Waals surface area (Å²) in [5.74, 6) is 0. The normalized spacial score (nSPS) is 12.1. The first kappa shape index (κ1) is 47.9. The smallest absolute Gasteiger partial charge is 0.0714 e. The summed E-state index contributed by atoms with van der Waals surface area (Å²) >= 11 is 0. The molecule has 1 aromatic heterocycles. The zero-order chi connectivity index (χ0) is 52.4. The van der Waals surface area contributed by atoms with Crippen LogP contribution in [0.15, 0.2) is 303 Å². The molecule has 0 amide bonds. The Kier molecular flexibility index (Phi) is 12.7. The van der Waals surface area contributed by atoms with E-state index < -0.39 is 5.41 Å². The van der Waals surface area contributed by atoms with Crippen LogP contribution >= 0.6 is 0 Å². The van der Waals surface area contributed by atoms with E-state index in [0.717, 1.165) is 28.3 Å². The van der Waals surface area contributed by atoms with Gasteiger partial charge in [0.15, 0.2) is 0 Å². The van der Waals surface area contributed by atoms with Crippen LogP contribution in [0.25, 0.3) is 83.1 Å². The summed E-state index contributed by atoms with van der Waals surface area (Å²) < 4.78 is 2.50. The summed E-state index contributed by atoms with van der Waals surface area (Å²) in [7, 11) is 0. The van der Waals surface area contributed by atoms with Gasteiger partial charge in [-0.3, -0.25) is 0 Å². The second-order valence-corrected chi connectivity index (χ2v) is 20.3. The highest BCUT2D eigenvalue weighted by Crippen LogP contribution is 2.57. The standard InChI is InChI=1S/C73H50N2.C3H8/c1-7-21-51(22-8-1)54-35-38-60(39-36-54)74(63-44-46-65-64-33-19-20-34-69(64)73(70(65)50-63,58-29-15-5-16-30-58)59-31-17-6-18-32-59)61-40-42-62(43-41-61)75-71-49-56(52-23-9-2-10-24-52)37-45-66(71)68-48-57(53-25-11-3-12-26-53)47-67(72(68)75)55-27-13-4-14-28-55;1-3-2/h1-50H;3H2,1-2H3. The van der Waals surface area contributed by atoms with Gasteiger partial charge < -0.3 is 9.47 Å². The molecule has 0 N–H and O–H groups in total. The molecule has 0 aliphatic heterocycles. The first-order valence-electron chi connectivity index (χ1n) is 27.3. The predicted octanol–water partition coefficient (Wildman–Crippen LogP) is 20.7. The van der Waals surface area contributed by atoms with E-state index in [9.17, 15) is 0 Å². The molecule has 2 nitrogen and oxygen atoms in total. The van der Waals surface area contributed by atoms with Crippen LogP contribution in [0.4, 0.5) is 17.1 Å². The fraction of sp³-hybridized carbons (Fsp3) is 0.0526. The molecule has 372 valence electrons. The maximum absolute atomic E-state index is 2.50. The van der Waals surface area contributed by atoms with Gasteiger partial charge in [0.25, 0.3) is 0 Å². The Balaban J connectivity index is 0.00000189. The van der Waals surface area contributed by atoms with Crippen LogP contribution in [0, 0.1) is 0 Å². The van der Waals surface area contributed by atoms with Gasteiger partial charge in [-0.2, -0.15) is 0 Å². The monoisotopic (exact) mass is 998 g/mol. The molecular formula is C76H58N2. The molecule has 12 aromatic carbocycles. The third kappa shape index (κ3) is 8.40. The molecule has 0 radical (unpaired) electrons. The summed E-state index contributed by atoms with van der Waals surface area (Å²) in [6.07, 6.45) is 1.25. The molecule has 1 aliphatic rings. The first-order valence-corrected chi connectivity index (χ1v) is 27.3. The lowest BCUT2D eigenvalue weighted by Crippen LogP contribution is -2.28. The molecule has 2 heteroatoms. The van der Waals surface area contributed by atoms with Crippen molar-refractivity contribution in [2.75, 3.05) is 4.90 Å². The van der Waals surface area contributed by atoms with E-state index in [-0.39, 0.29) is 0 Å². The zero-order valence-electron chi connectivity index (χ0n) is 44.0. The van der Waals surface area contributed by atoms with Crippen molar-refractivity contribution in [2.45, 2.75) is 25.7 Å². The molecular weight excluding hydrogens is 941 g/mol. The number of fused-ring (bicyclic) bond motifs is 6. The van der Waals surface area contributed by atoms with E-state index in [1.165, 1.54) is 101 Å². The van der Waals surface area contributed by atoms with Gasteiger partial charge in [0.2, 0.25) is 0 Å². The van der Waals surface area contributed by atoms with Crippen molar-refractivity contribution in [3.8, 4) is 61.3 Å². The van der Waals surface area contributed by atoms with Crippen molar-refractivity contribution < 1.29 is 0 Å². The van der Waals surface area contributed by atoms with Crippen LogP contribution in [0.3, 0.4) is 0 Å². The van der Waals surface area contributed by atoms with Gasteiger partial charge in [0, 0.05) is 39.1 Å². The van der Waals surface area contributed by atoms with E-state index in [4.69, 9.17) is 0 Å². The van der Waals surface area contributed by atoms with Crippen LogP contribution in [-0.4, -0.2) is 4.57 Å². The Labute approximate surface area is 458 Å². The SMILES string of the molecule is CCC.c1ccc(-c2ccc(N(c3ccc(-n4c5cc(-c6ccccc6)ccc5c5cc(-c6ccccc6)cc(-c6ccccc6)c54)cc3)c3ccc4c(c3)C(c3ccccc3)(c3ccccc3)c3ccccc3-4)cc2)cc1. The van der Waals surface area contributed by atoms with E-state index in [1.54, 1.807) is 0 Å². The lowest BCUT2D eigenvalue weighted by Gasteiger charge is -2.35. The van der Waals surface area contributed by atoms with Gasteiger partial charge in [-0.1, -0.05) is 257 Å². The largest absolute Gasteiger partial charge is 0.310 e. The minimum atomic E-state index is -0.539. The number of benzene rings is 12. The van der Waals surface area contributed by atoms with E-state index >= 15 is 0 Å². The number of hydrogen-bond donors (Lipinski definition) is 0. The summed E-state index contributed by atoms with van der Waals surface area (Å²) in [6.45, 7) is 4.25. The number of aromatic nitrogens is 1. The summed E-state index contributed by atoms with van der Waals surface area (Å²) in [6, 6.07) is 111. The maximum atomic E-state index is 2.50. The topological polar surface area (TPSA) is 8.17 Å². The van der Waals surface area contributed by atoms with Crippen LogP contribution in [0.2, 0.25) is 0 Å². The van der Waals surface area contributed by atoms with E-state index in [0.29, 0.717) is 0 Å². The molecule has 1 aliphatic carbocycles. The number of nitrogens with zero attached hydrogens (tertiary/aromatic N) is 2. The summed E-state index contributed by atoms with van der Waals surface area (Å²) in [5.41, 5.74) is 23.2. The molecule has 1 heterocycles. The third-order valence-electron chi connectivity index (χ3n) is 15.5. The average molecular weight is 999 g/mol. The lowest BCUT2D eigenvalue weighted by molar-refractivity contribution is 0.768. The highest BCUT2D eigenvalue weighted by molar-refractivity contribution is 6.16. The Morgan fingerprint density at radius 3 is 1.32 bits per heavy atom. The number of anilines is 3. The highest BCUT2D eigenvalue weighted by Gasteiger charge is 2.46. The fourth-order valence-corrected chi connectivity index (χ4v) is 12.1. The second kappa shape index (κ2) is 20.8. The van der Waals surface area contributed by atoms with Crippen LogP contribution in [-0.2, 0) is 5.41 Å². The maximum Gasteiger partial charge on any atom is 0.0714 e. The Bertz CT molecular complexity index is 4150. The van der Waals surface area contributed by atoms with Gasteiger partial charge in [0.1, 0.15) is 0 Å².